The number of benzene rings is 2. The lowest BCUT2D eigenvalue weighted by molar-refractivity contribution is 0.373. The fourth-order valence-corrected chi connectivity index (χ4v) is 1.97. The van der Waals surface area contributed by atoms with E-state index in [1.165, 1.54) is 7.11 Å². The SMILES string of the molecule is COc1ccc(NCc2ccc(Cl)c(Cl)c2)cc1O. The first-order valence-corrected chi connectivity index (χ1v) is 6.40. The Bertz CT molecular complexity index is 588. The Hall–Kier alpha value is -1.58. The van der Waals surface area contributed by atoms with E-state index in [0.29, 0.717) is 22.3 Å². The molecule has 0 radical (unpaired) electrons. The molecule has 0 heterocycles. The number of phenols is 1. The van der Waals surface area contributed by atoms with E-state index >= 15 is 0 Å². The van der Waals surface area contributed by atoms with Gasteiger partial charge in [0.25, 0.3) is 0 Å². The van der Waals surface area contributed by atoms with Crippen molar-refractivity contribution in [1.29, 1.82) is 0 Å². The third-order valence-electron chi connectivity index (χ3n) is 2.66. The average Bonchev–Trinajstić information content (AvgIpc) is 2.40. The Morgan fingerprint density at radius 3 is 2.53 bits per heavy atom. The summed E-state index contributed by atoms with van der Waals surface area (Å²) in [6.07, 6.45) is 0. The van der Waals surface area contributed by atoms with Gasteiger partial charge in [-0.1, -0.05) is 29.3 Å². The van der Waals surface area contributed by atoms with Crippen LogP contribution >= 0.6 is 23.2 Å². The molecule has 5 heteroatoms. The minimum Gasteiger partial charge on any atom is -0.504 e. The lowest BCUT2D eigenvalue weighted by Crippen LogP contribution is -1.99. The molecule has 2 rings (SSSR count). The molecular weight excluding hydrogens is 285 g/mol. The maximum absolute atomic E-state index is 9.67. The molecule has 0 aliphatic heterocycles. The van der Waals surface area contributed by atoms with E-state index in [1.54, 1.807) is 24.3 Å². The fourth-order valence-electron chi connectivity index (χ4n) is 1.65. The van der Waals surface area contributed by atoms with E-state index in [4.69, 9.17) is 27.9 Å². The largest absolute Gasteiger partial charge is 0.504 e. The molecular formula is C14H13Cl2NO2. The van der Waals surface area contributed by atoms with E-state index in [0.717, 1.165) is 11.3 Å². The van der Waals surface area contributed by atoms with E-state index in [-0.39, 0.29) is 5.75 Å². The van der Waals surface area contributed by atoms with Crippen LogP contribution in [-0.2, 0) is 6.54 Å². The molecule has 0 bridgehead atoms. The van der Waals surface area contributed by atoms with Gasteiger partial charge in [-0.2, -0.15) is 0 Å². The van der Waals surface area contributed by atoms with Crippen molar-refractivity contribution in [1.82, 2.24) is 0 Å². The average molecular weight is 298 g/mol. The van der Waals surface area contributed by atoms with E-state index in [1.807, 2.05) is 12.1 Å². The summed E-state index contributed by atoms with van der Waals surface area (Å²) in [6, 6.07) is 10.6. The summed E-state index contributed by atoms with van der Waals surface area (Å²) in [6.45, 7) is 0.586. The van der Waals surface area contributed by atoms with Gasteiger partial charge in [0.15, 0.2) is 11.5 Å². The van der Waals surface area contributed by atoms with Crippen molar-refractivity contribution in [3.05, 3.63) is 52.0 Å². The summed E-state index contributed by atoms with van der Waals surface area (Å²) < 4.78 is 4.98. The lowest BCUT2D eigenvalue weighted by Gasteiger charge is -2.09. The monoisotopic (exact) mass is 297 g/mol. The van der Waals surface area contributed by atoms with Crippen LogP contribution in [0.3, 0.4) is 0 Å². The normalized spacial score (nSPS) is 10.3. The minimum atomic E-state index is 0.0987. The first kappa shape index (κ1) is 13.8. The van der Waals surface area contributed by atoms with Crippen molar-refractivity contribution in [3.63, 3.8) is 0 Å². The number of hydrogen-bond acceptors (Lipinski definition) is 3. The molecule has 2 N–H and O–H groups in total. The molecule has 0 saturated heterocycles. The Kier molecular flexibility index (Phi) is 4.40. The van der Waals surface area contributed by atoms with Crippen molar-refractivity contribution in [2.75, 3.05) is 12.4 Å². The third kappa shape index (κ3) is 3.46. The molecule has 100 valence electrons. The number of rotatable bonds is 4. The highest BCUT2D eigenvalue weighted by atomic mass is 35.5. The van der Waals surface area contributed by atoms with Crippen molar-refractivity contribution in [2.45, 2.75) is 6.54 Å². The molecule has 0 saturated carbocycles. The molecule has 0 unspecified atom stereocenters. The molecule has 19 heavy (non-hydrogen) atoms. The zero-order valence-corrected chi connectivity index (χ0v) is 11.8. The summed E-state index contributed by atoms with van der Waals surface area (Å²) in [4.78, 5) is 0. The van der Waals surface area contributed by atoms with Gasteiger partial charge < -0.3 is 15.2 Å². The third-order valence-corrected chi connectivity index (χ3v) is 3.40. The van der Waals surface area contributed by atoms with Crippen LogP contribution in [0.25, 0.3) is 0 Å². The maximum atomic E-state index is 9.67. The number of phenolic OH excluding ortho intramolecular Hbond substituents is 1. The molecule has 2 aromatic rings. The van der Waals surface area contributed by atoms with E-state index < -0.39 is 0 Å². The highest BCUT2D eigenvalue weighted by molar-refractivity contribution is 6.42. The molecule has 0 spiro atoms. The second-order valence-electron chi connectivity index (χ2n) is 3.99. The van der Waals surface area contributed by atoms with Crippen molar-refractivity contribution >= 4 is 28.9 Å². The summed E-state index contributed by atoms with van der Waals surface area (Å²) >= 11 is 11.8. The van der Waals surface area contributed by atoms with Crippen molar-refractivity contribution in [3.8, 4) is 11.5 Å². The van der Waals surface area contributed by atoms with E-state index in [2.05, 4.69) is 5.32 Å². The molecule has 3 nitrogen and oxygen atoms in total. The highest BCUT2D eigenvalue weighted by Gasteiger charge is 2.03. The number of ether oxygens (including phenoxy) is 1. The van der Waals surface area contributed by atoms with Crippen molar-refractivity contribution in [2.24, 2.45) is 0 Å². The molecule has 2 aromatic carbocycles. The number of anilines is 1. The first-order chi connectivity index (χ1) is 9.10. The predicted octanol–water partition coefficient (Wildman–Crippen LogP) is 4.32. The molecule has 0 fully saturated rings. The van der Waals surface area contributed by atoms with Gasteiger partial charge in [-0.05, 0) is 29.8 Å². The Labute approximate surface area is 121 Å². The van der Waals surface area contributed by atoms with E-state index in [9.17, 15) is 5.11 Å². The smallest absolute Gasteiger partial charge is 0.160 e. The first-order valence-electron chi connectivity index (χ1n) is 5.65. The van der Waals surface area contributed by atoms with Crippen LogP contribution in [0.4, 0.5) is 5.69 Å². The molecule has 0 aliphatic carbocycles. The molecule has 0 aliphatic rings. The second-order valence-corrected chi connectivity index (χ2v) is 4.80. The van der Waals surface area contributed by atoms with Gasteiger partial charge in [0.05, 0.1) is 17.2 Å². The fraction of sp³-hybridized carbons (Fsp3) is 0.143. The summed E-state index contributed by atoms with van der Waals surface area (Å²) in [5.41, 5.74) is 1.80. The van der Waals surface area contributed by atoms with Gasteiger partial charge >= 0.3 is 0 Å². The number of aromatic hydroxyl groups is 1. The van der Waals surface area contributed by atoms with Crippen LogP contribution in [0.2, 0.25) is 10.0 Å². The Balaban J connectivity index is 2.05. The quantitative estimate of drug-likeness (QED) is 0.883. The molecule has 0 amide bonds. The van der Waals surface area contributed by atoms with Gasteiger partial charge in [-0.15, -0.1) is 0 Å². The predicted molar refractivity (Wildman–Crippen MR) is 78.4 cm³/mol. The second kappa shape index (κ2) is 6.04. The van der Waals surface area contributed by atoms with Crippen LogP contribution in [0.5, 0.6) is 11.5 Å². The Morgan fingerprint density at radius 2 is 1.89 bits per heavy atom. The van der Waals surface area contributed by atoms with Gasteiger partial charge in [0.2, 0.25) is 0 Å². The van der Waals surface area contributed by atoms with Crippen LogP contribution < -0.4 is 10.1 Å². The van der Waals surface area contributed by atoms with Gasteiger partial charge in [-0.3, -0.25) is 0 Å². The van der Waals surface area contributed by atoms with Crippen LogP contribution in [0, 0.1) is 0 Å². The summed E-state index contributed by atoms with van der Waals surface area (Å²) in [7, 11) is 1.51. The number of hydrogen-bond donors (Lipinski definition) is 2. The Morgan fingerprint density at radius 1 is 1.11 bits per heavy atom. The molecule has 0 atom stereocenters. The van der Waals surface area contributed by atoms with Gasteiger partial charge in [0, 0.05) is 18.3 Å². The maximum Gasteiger partial charge on any atom is 0.160 e. The zero-order chi connectivity index (χ0) is 13.8. The minimum absolute atomic E-state index is 0.0987. The highest BCUT2D eigenvalue weighted by Crippen LogP contribution is 2.29. The number of methoxy groups -OCH3 is 1. The van der Waals surface area contributed by atoms with Gasteiger partial charge in [0.1, 0.15) is 0 Å². The van der Waals surface area contributed by atoms with Crippen molar-refractivity contribution < 1.29 is 9.84 Å². The standard InChI is InChI=1S/C14H13Cl2NO2/c1-19-14-5-3-10(7-13(14)18)17-8-9-2-4-11(15)12(16)6-9/h2-7,17-18H,8H2,1H3. The number of halogens is 2. The van der Waals surface area contributed by atoms with Gasteiger partial charge in [-0.25, -0.2) is 0 Å². The topological polar surface area (TPSA) is 41.5 Å². The lowest BCUT2D eigenvalue weighted by atomic mass is 10.2. The number of nitrogens with one attached hydrogen (secondary N) is 1. The summed E-state index contributed by atoms with van der Waals surface area (Å²) in [5, 5.41) is 13.9. The van der Waals surface area contributed by atoms with Crippen LogP contribution in [0.1, 0.15) is 5.56 Å². The van der Waals surface area contributed by atoms with Crippen LogP contribution in [-0.4, -0.2) is 12.2 Å². The van der Waals surface area contributed by atoms with Crippen LogP contribution in [0.15, 0.2) is 36.4 Å². The molecule has 0 aromatic heterocycles. The summed E-state index contributed by atoms with van der Waals surface area (Å²) in [5.74, 6) is 0.543. The zero-order valence-electron chi connectivity index (χ0n) is 10.3.